The van der Waals surface area contributed by atoms with E-state index in [-0.39, 0.29) is 41.1 Å². The summed E-state index contributed by atoms with van der Waals surface area (Å²) in [6.07, 6.45) is 5.59. The molecule has 2 N–H and O–H groups in total. The maximum atomic E-state index is 13.3. The highest BCUT2D eigenvalue weighted by molar-refractivity contribution is 7.99. The second-order valence-electron chi connectivity index (χ2n) is 9.98. The zero-order chi connectivity index (χ0) is 25.1. The lowest BCUT2D eigenvalue weighted by Gasteiger charge is -2.22. The zero-order valence-corrected chi connectivity index (χ0v) is 21.7. The molecule has 188 valence electrons. The van der Waals surface area contributed by atoms with Gasteiger partial charge < -0.3 is 10.6 Å². The topological polar surface area (TPSA) is 110 Å². The van der Waals surface area contributed by atoms with E-state index in [4.69, 9.17) is 0 Å². The van der Waals surface area contributed by atoms with E-state index in [2.05, 4.69) is 20.8 Å². The first-order valence-electron chi connectivity index (χ1n) is 12.4. The Balaban J connectivity index is 1.72. The van der Waals surface area contributed by atoms with Gasteiger partial charge in [-0.2, -0.15) is 0 Å². The summed E-state index contributed by atoms with van der Waals surface area (Å²) in [4.78, 5) is 38.6. The minimum absolute atomic E-state index is 0.0130. The molecule has 2 heterocycles. The van der Waals surface area contributed by atoms with Crippen LogP contribution in [0.15, 0.2) is 28.2 Å². The van der Waals surface area contributed by atoms with Crippen molar-refractivity contribution in [2.24, 2.45) is 5.92 Å². The zero-order valence-electron chi connectivity index (χ0n) is 20.8. The first kappa shape index (κ1) is 25.2. The number of carbonyl (C=O) groups excluding carboxylic acids is 2. The SMILES string of the molecule is CC(C)Cn1c(=O)c2ccc(C(=O)NC(C)C)cc2n2c(SCC(=O)NC3CCCCC3)nnc12. The van der Waals surface area contributed by atoms with E-state index in [0.29, 0.717) is 33.9 Å². The molecule has 3 aromatic rings. The van der Waals surface area contributed by atoms with Gasteiger partial charge in [0.2, 0.25) is 11.7 Å². The monoisotopic (exact) mass is 498 g/mol. The largest absolute Gasteiger partial charge is 0.353 e. The highest BCUT2D eigenvalue weighted by Gasteiger charge is 2.21. The predicted molar refractivity (Wildman–Crippen MR) is 138 cm³/mol. The Kier molecular flexibility index (Phi) is 7.78. The van der Waals surface area contributed by atoms with Crippen molar-refractivity contribution in [2.45, 2.75) is 83.6 Å². The number of carbonyl (C=O) groups is 2. The lowest BCUT2D eigenvalue weighted by atomic mass is 9.95. The van der Waals surface area contributed by atoms with E-state index in [0.717, 1.165) is 25.7 Å². The van der Waals surface area contributed by atoms with Crippen LogP contribution in [-0.2, 0) is 11.3 Å². The van der Waals surface area contributed by atoms with Crippen LogP contribution < -0.4 is 16.2 Å². The van der Waals surface area contributed by atoms with Crippen LogP contribution in [0.3, 0.4) is 0 Å². The molecule has 1 fully saturated rings. The molecule has 0 unspecified atom stereocenters. The number of amides is 2. The number of hydrogen-bond donors (Lipinski definition) is 2. The molecule has 35 heavy (non-hydrogen) atoms. The molecular weight excluding hydrogens is 464 g/mol. The van der Waals surface area contributed by atoms with E-state index in [1.54, 1.807) is 27.2 Å². The van der Waals surface area contributed by atoms with E-state index < -0.39 is 0 Å². The first-order chi connectivity index (χ1) is 16.7. The Hall–Kier alpha value is -2.88. The van der Waals surface area contributed by atoms with E-state index in [1.807, 2.05) is 27.7 Å². The van der Waals surface area contributed by atoms with Gasteiger partial charge in [0.05, 0.1) is 16.7 Å². The van der Waals surface area contributed by atoms with Crippen LogP contribution >= 0.6 is 11.8 Å². The minimum atomic E-state index is -0.212. The quantitative estimate of drug-likeness (QED) is 0.461. The number of nitrogens with zero attached hydrogens (tertiary/aromatic N) is 4. The smallest absolute Gasteiger partial charge is 0.262 e. The van der Waals surface area contributed by atoms with Gasteiger partial charge in [-0.05, 0) is 50.8 Å². The molecular formula is C25H34N6O3S. The Morgan fingerprint density at radius 3 is 2.54 bits per heavy atom. The number of aromatic nitrogens is 4. The average Bonchev–Trinajstić information content (AvgIpc) is 3.24. The molecule has 10 heteroatoms. The van der Waals surface area contributed by atoms with Gasteiger partial charge >= 0.3 is 0 Å². The summed E-state index contributed by atoms with van der Waals surface area (Å²) in [5.74, 6) is 0.591. The Bertz CT molecular complexity index is 1290. The molecule has 0 atom stereocenters. The lowest BCUT2D eigenvalue weighted by Crippen LogP contribution is -2.37. The van der Waals surface area contributed by atoms with Crippen molar-refractivity contribution < 1.29 is 9.59 Å². The van der Waals surface area contributed by atoms with Crippen LogP contribution in [0.2, 0.25) is 0 Å². The molecule has 1 aliphatic rings. The fourth-order valence-corrected chi connectivity index (χ4v) is 5.29. The third-order valence-corrected chi connectivity index (χ3v) is 7.03. The van der Waals surface area contributed by atoms with Crippen molar-refractivity contribution in [3.63, 3.8) is 0 Å². The van der Waals surface area contributed by atoms with Crippen LogP contribution in [0, 0.1) is 5.92 Å². The van der Waals surface area contributed by atoms with Crippen molar-refractivity contribution in [1.29, 1.82) is 0 Å². The number of fused-ring (bicyclic) bond motifs is 3. The van der Waals surface area contributed by atoms with Crippen LogP contribution in [0.4, 0.5) is 0 Å². The molecule has 0 bridgehead atoms. The van der Waals surface area contributed by atoms with Gasteiger partial charge in [0.25, 0.3) is 11.5 Å². The van der Waals surface area contributed by atoms with Gasteiger partial charge in [0.1, 0.15) is 0 Å². The Morgan fingerprint density at radius 2 is 1.86 bits per heavy atom. The predicted octanol–water partition coefficient (Wildman–Crippen LogP) is 3.38. The van der Waals surface area contributed by atoms with Gasteiger partial charge in [0, 0.05) is 24.2 Å². The molecule has 9 nitrogen and oxygen atoms in total. The maximum absolute atomic E-state index is 13.3. The van der Waals surface area contributed by atoms with Crippen LogP contribution in [0.5, 0.6) is 0 Å². The number of hydrogen-bond acceptors (Lipinski definition) is 6. The van der Waals surface area contributed by atoms with Gasteiger partial charge in [-0.3, -0.25) is 23.4 Å². The second kappa shape index (κ2) is 10.8. The lowest BCUT2D eigenvalue weighted by molar-refractivity contribution is -0.119. The third-order valence-electron chi connectivity index (χ3n) is 6.10. The van der Waals surface area contributed by atoms with Gasteiger partial charge in [0.15, 0.2) is 5.16 Å². The second-order valence-corrected chi connectivity index (χ2v) is 10.9. The Labute approximate surface area is 209 Å². The highest BCUT2D eigenvalue weighted by Crippen LogP contribution is 2.24. The molecule has 1 aliphatic carbocycles. The summed E-state index contributed by atoms with van der Waals surface area (Å²) >= 11 is 1.29. The van der Waals surface area contributed by atoms with Crippen molar-refractivity contribution in [3.8, 4) is 0 Å². The summed E-state index contributed by atoms with van der Waals surface area (Å²) in [5, 5.41) is 15.7. The molecule has 0 aliphatic heterocycles. The molecule has 0 saturated heterocycles. The molecule has 0 spiro atoms. The summed E-state index contributed by atoms with van der Waals surface area (Å²) in [6, 6.07) is 5.29. The third kappa shape index (κ3) is 5.69. The van der Waals surface area contributed by atoms with Crippen LogP contribution in [-0.4, -0.2) is 48.8 Å². The number of nitrogens with one attached hydrogen (secondary N) is 2. The number of rotatable bonds is 8. The van der Waals surface area contributed by atoms with Gasteiger partial charge in [-0.25, -0.2) is 0 Å². The summed E-state index contributed by atoms with van der Waals surface area (Å²) < 4.78 is 3.42. The minimum Gasteiger partial charge on any atom is -0.353 e. The van der Waals surface area contributed by atoms with Crippen molar-refractivity contribution in [1.82, 2.24) is 29.8 Å². The molecule has 2 aromatic heterocycles. The fourth-order valence-electron chi connectivity index (χ4n) is 4.54. The first-order valence-corrected chi connectivity index (χ1v) is 13.4. The number of thioether (sulfide) groups is 1. The van der Waals surface area contributed by atoms with Crippen LogP contribution in [0.25, 0.3) is 16.7 Å². The van der Waals surface area contributed by atoms with Crippen LogP contribution in [0.1, 0.15) is 70.2 Å². The van der Waals surface area contributed by atoms with Crippen molar-refractivity contribution in [2.75, 3.05) is 5.75 Å². The maximum Gasteiger partial charge on any atom is 0.262 e. The average molecular weight is 499 g/mol. The molecule has 1 aromatic carbocycles. The fraction of sp³-hybridized carbons (Fsp3) is 0.560. The van der Waals surface area contributed by atoms with Crippen molar-refractivity contribution in [3.05, 3.63) is 34.1 Å². The van der Waals surface area contributed by atoms with E-state index in [1.165, 1.54) is 18.2 Å². The van der Waals surface area contributed by atoms with E-state index >= 15 is 0 Å². The summed E-state index contributed by atoms with van der Waals surface area (Å²) in [6.45, 7) is 8.35. The number of benzene rings is 1. The van der Waals surface area contributed by atoms with Gasteiger partial charge in [-0.15, -0.1) is 10.2 Å². The molecule has 4 rings (SSSR count). The summed E-state index contributed by atoms with van der Waals surface area (Å²) in [7, 11) is 0. The van der Waals surface area contributed by atoms with Crippen molar-refractivity contribution >= 4 is 40.3 Å². The standard InChI is InChI=1S/C25H34N6O3S/c1-15(2)13-30-23(34)19-11-10-17(22(33)26-16(3)4)12-20(19)31-24(30)28-29-25(31)35-14-21(32)27-18-8-6-5-7-9-18/h10-12,15-16,18H,5-9,13-14H2,1-4H3,(H,26,33)(H,27,32). The Morgan fingerprint density at radius 1 is 1.11 bits per heavy atom. The highest BCUT2D eigenvalue weighted by atomic mass is 32.2. The van der Waals surface area contributed by atoms with E-state index in [9.17, 15) is 14.4 Å². The molecule has 0 radical (unpaired) electrons. The van der Waals surface area contributed by atoms with Gasteiger partial charge in [-0.1, -0.05) is 44.9 Å². The molecule has 1 saturated carbocycles. The molecule has 2 amide bonds. The summed E-state index contributed by atoms with van der Waals surface area (Å²) in [5.41, 5.74) is 0.839. The normalized spacial score (nSPS) is 14.8.